The molecule has 1 heterocycles. The summed E-state index contributed by atoms with van der Waals surface area (Å²) in [6.07, 6.45) is 4.18. The van der Waals surface area contributed by atoms with Gasteiger partial charge in [0.2, 0.25) is 0 Å². The topological polar surface area (TPSA) is 50.8 Å². The van der Waals surface area contributed by atoms with Crippen molar-refractivity contribution in [2.75, 3.05) is 19.8 Å². The van der Waals surface area contributed by atoms with Crippen molar-refractivity contribution in [1.29, 1.82) is 0 Å². The summed E-state index contributed by atoms with van der Waals surface area (Å²) in [4.78, 5) is 14.3. The van der Waals surface area contributed by atoms with Crippen LogP contribution in [0.25, 0.3) is 0 Å². The van der Waals surface area contributed by atoms with E-state index in [4.69, 9.17) is 9.47 Å². The molecule has 23 heavy (non-hydrogen) atoms. The van der Waals surface area contributed by atoms with Crippen molar-refractivity contribution in [1.82, 2.24) is 10.2 Å². The quantitative estimate of drug-likeness (QED) is 0.776. The average Bonchev–Trinajstić information content (AvgIpc) is 2.45. The maximum absolute atomic E-state index is 12.4. The predicted octanol–water partition coefficient (Wildman–Crippen LogP) is 3.57. The van der Waals surface area contributed by atoms with Crippen LogP contribution in [0.15, 0.2) is 0 Å². The Morgan fingerprint density at radius 2 is 2.09 bits per heavy atom. The fourth-order valence-electron chi connectivity index (χ4n) is 3.04. The van der Waals surface area contributed by atoms with Gasteiger partial charge in [-0.05, 0) is 47.0 Å². The van der Waals surface area contributed by atoms with Crippen molar-refractivity contribution in [2.24, 2.45) is 0 Å². The third kappa shape index (κ3) is 7.53. The SMILES string of the molecule is CCCC(CC)NC(C)CC1COCCN1C(=O)OC(C)(C)C. The highest BCUT2D eigenvalue weighted by molar-refractivity contribution is 5.68. The van der Waals surface area contributed by atoms with Crippen molar-refractivity contribution < 1.29 is 14.3 Å². The molecule has 1 rings (SSSR count). The number of nitrogens with zero attached hydrogens (tertiary/aromatic N) is 1. The van der Waals surface area contributed by atoms with E-state index in [-0.39, 0.29) is 12.1 Å². The fourth-order valence-corrected chi connectivity index (χ4v) is 3.04. The maximum Gasteiger partial charge on any atom is 0.410 e. The van der Waals surface area contributed by atoms with E-state index in [9.17, 15) is 4.79 Å². The van der Waals surface area contributed by atoms with Gasteiger partial charge in [0.05, 0.1) is 19.3 Å². The summed E-state index contributed by atoms with van der Waals surface area (Å²) < 4.78 is 11.1. The number of rotatable bonds is 7. The molecule has 1 N–H and O–H groups in total. The minimum atomic E-state index is -0.460. The molecule has 0 spiro atoms. The van der Waals surface area contributed by atoms with Crippen LogP contribution in [-0.2, 0) is 9.47 Å². The summed E-state index contributed by atoms with van der Waals surface area (Å²) >= 11 is 0. The minimum Gasteiger partial charge on any atom is -0.444 e. The van der Waals surface area contributed by atoms with Crippen molar-refractivity contribution in [2.45, 2.75) is 91.0 Å². The summed E-state index contributed by atoms with van der Waals surface area (Å²) in [6.45, 7) is 14.1. The molecule has 0 aromatic heterocycles. The number of hydrogen-bond donors (Lipinski definition) is 1. The second-order valence-electron chi connectivity index (χ2n) is 7.60. The molecule has 3 atom stereocenters. The monoisotopic (exact) mass is 328 g/mol. The van der Waals surface area contributed by atoms with Gasteiger partial charge in [0.25, 0.3) is 0 Å². The molecule has 1 aliphatic rings. The summed E-state index contributed by atoms with van der Waals surface area (Å²) in [6, 6.07) is 0.984. The van der Waals surface area contributed by atoms with Crippen LogP contribution < -0.4 is 5.32 Å². The van der Waals surface area contributed by atoms with E-state index in [1.165, 1.54) is 12.8 Å². The smallest absolute Gasteiger partial charge is 0.410 e. The number of ether oxygens (including phenoxy) is 2. The Balaban J connectivity index is 2.58. The Labute approximate surface area is 142 Å². The molecule has 0 aliphatic carbocycles. The van der Waals surface area contributed by atoms with Gasteiger partial charge in [-0.25, -0.2) is 4.79 Å². The van der Waals surface area contributed by atoms with Crippen molar-refractivity contribution in [3.63, 3.8) is 0 Å². The van der Waals surface area contributed by atoms with Crippen LogP contribution in [0.5, 0.6) is 0 Å². The highest BCUT2D eigenvalue weighted by Gasteiger charge is 2.32. The molecule has 0 saturated carbocycles. The zero-order chi connectivity index (χ0) is 17.5. The number of carbonyl (C=O) groups is 1. The molecule has 1 fully saturated rings. The largest absolute Gasteiger partial charge is 0.444 e. The van der Waals surface area contributed by atoms with Gasteiger partial charge in [0.15, 0.2) is 0 Å². The van der Waals surface area contributed by atoms with Crippen LogP contribution in [0, 0.1) is 0 Å². The lowest BCUT2D eigenvalue weighted by Gasteiger charge is -2.38. The Morgan fingerprint density at radius 1 is 1.39 bits per heavy atom. The Morgan fingerprint density at radius 3 is 2.65 bits per heavy atom. The van der Waals surface area contributed by atoms with Crippen LogP contribution in [-0.4, -0.2) is 54.5 Å². The van der Waals surface area contributed by atoms with Gasteiger partial charge in [-0.15, -0.1) is 0 Å². The first-order valence-electron chi connectivity index (χ1n) is 9.10. The van der Waals surface area contributed by atoms with Crippen LogP contribution >= 0.6 is 0 Å². The first-order valence-corrected chi connectivity index (χ1v) is 9.10. The highest BCUT2D eigenvalue weighted by Crippen LogP contribution is 2.18. The lowest BCUT2D eigenvalue weighted by molar-refractivity contribution is -0.0357. The number of hydrogen-bond acceptors (Lipinski definition) is 4. The first kappa shape index (κ1) is 20.2. The Hall–Kier alpha value is -0.810. The van der Waals surface area contributed by atoms with Gasteiger partial charge in [-0.1, -0.05) is 20.3 Å². The number of morpholine rings is 1. The van der Waals surface area contributed by atoms with E-state index in [1.54, 1.807) is 0 Å². The van der Waals surface area contributed by atoms with Crippen molar-refractivity contribution >= 4 is 6.09 Å². The predicted molar refractivity (Wildman–Crippen MR) is 93.7 cm³/mol. The summed E-state index contributed by atoms with van der Waals surface area (Å²) in [7, 11) is 0. The van der Waals surface area contributed by atoms with Crippen molar-refractivity contribution in [3.05, 3.63) is 0 Å². The third-order valence-corrected chi connectivity index (χ3v) is 4.13. The molecule has 1 amide bonds. The van der Waals surface area contributed by atoms with E-state index in [1.807, 2.05) is 25.7 Å². The van der Waals surface area contributed by atoms with Crippen LogP contribution in [0.4, 0.5) is 4.79 Å². The Kier molecular flexibility index (Phi) is 8.34. The highest BCUT2D eigenvalue weighted by atomic mass is 16.6. The molecular weight excluding hydrogens is 292 g/mol. The molecule has 1 aliphatic heterocycles. The van der Waals surface area contributed by atoms with E-state index in [2.05, 4.69) is 26.1 Å². The lowest BCUT2D eigenvalue weighted by Crippen LogP contribution is -2.52. The molecule has 0 aromatic rings. The van der Waals surface area contributed by atoms with Crippen LogP contribution in [0.1, 0.15) is 67.2 Å². The van der Waals surface area contributed by atoms with E-state index >= 15 is 0 Å². The van der Waals surface area contributed by atoms with Gasteiger partial charge < -0.3 is 19.7 Å². The zero-order valence-corrected chi connectivity index (χ0v) is 15.9. The summed E-state index contributed by atoms with van der Waals surface area (Å²) in [5.74, 6) is 0. The fraction of sp³-hybridized carbons (Fsp3) is 0.944. The molecule has 5 heteroatoms. The average molecular weight is 328 g/mol. The van der Waals surface area contributed by atoms with Gasteiger partial charge >= 0.3 is 6.09 Å². The zero-order valence-electron chi connectivity index (χ0n) is 15.9. The normalized spacial score (nSPS) is 21.8. The molecule has 5 nitrogen and oxygen atoms in total. The second-order valence-corrected chi connectivity index (χ2v) is 7.60. The molecule has 0 radical (unpaired) electrons. The molecule has 0 aromatic carbocycles. The second kappa shape index (κ2) is 9.48. The molecule has 3 unspecified atom stereocenters. The standard InChI is InChI=1S/C18H36N2O3/c1-7-9-15(8-2)19-14(3)12-16-13-22-11-10-20(16)17(21)23-18(4,5)6/h14-16,19H,7-13H2,1-6H3. The summed E-state index contributed by atoms with van der Waals surface area (Å²) in [5, 5.41) is 3.69. The van der Waals surface area contributed by atoms with E-state index < -0.39 is 5.60 Å². The molecule has 0 bridgehead atoms. The van der Waals surface area contributed by atoms with E-state index in [0.29, 0.717) is 31.8 Å². The number of amides is 1. The van der Waals surface area contributed by atoms with E-state index in [0.717, 1.165) is 12.8 Å². The molecule has 1 saturated heterocycles. The Bertz CT molecular complexity index is 355. The number of carbonyl (C=O) groups excluding carboxylic acids is 1. The molecular formula is C18H36N2O3. The van der Waals surface area contributed by atoms with Gasteiger partial charge in [0.1, 0.15) is 5.60 Å². The first-order chi connectivity index (χ1) is 10.8. The minimum absolute atomic E-state index is 0.0835. The maximum atomic E-state index is 12.4. The molecule has 136 valence electrons. The van der Waals surface area contributed by atoms with Gasteiger partial charge in [0, 0.05) is 18.6 Å². The van der Waals surface area contributed by atoms with Gasteiger partial charge in [-0.3, -0.25) is 0 Å². The lowest BCUT2D eigenvalue weighted by atomic mass is 10.0. The summed E-state index contributed by atoms with van der Waals surface area (Å²) in [5.41, 5.74) is -0.460. The van der Waals surface area contributed by atoms with Gasteiger partial charge in [-0.2, -0.15) is 0 Å². The third-order valence-electron chi connectivity index (χ3n) is 4.13. The van der Waals surface area contributed by atoms with Crippen LogP contribution in [0.2, 0.25) is 0 Å². The van der Waals surface area contributed by atoms with Crippen LogP contribution in [0.3, 0.4) is 0 Å². The number of nitrogens with one attached hydrogen (secondary N) is 1. The van der Waals surface area contributed by atoms with Crippen molar-refractivity contribution in [3.8, 4) is 0 Å².